The van der Waals surface area contributed by atoms with Gasteiger partial charge in [0.1, 0.15) is 23.3 Å². The van der Waals surface area contributed by atoms with Gasteiger partial charge in [-0.15, -0.1) is 0 Å². The van der Waals surface area contributed by atoms with E-state index in [1.807, 2.05) is 0 Å². The van der Waals surface area contributed by atoms with Crippen molar-refractivity contribution in [1.82, 2.24) is 24.8 Å². The summed E-state index contributed by atoms with van der Waals surface area (Å²) < 4.78 is 0. The molecule has 0 fully saturated rings. The third-order valence-corrected chi connectivity index (χ3v) is 2.93. The molecular formula is C13H17N7O. The normalized spacial score (nSPS) is 10.4. The van der Waals surface area contributed by atoms with Gasteiger partial charge in [0.05, 0.1) is 13.1 Å². The number of rotatable bonds is 5. The zero-order valence-corrected chi connectivity index (χ0v) is 11.9. The molecule has 0 spiro atoms. The molecule has 2 heterocycles. The minimum absolute atomic E-state index is 0.295. The number of carbonyl (C=O) groups excluding carboxylic acids is 1. The Morgan fingerprint density at radius 1 is 1.00 bits per heavy atom. The zero-order chi connectivity index (χ0) is 15.4. The van der Waals surface area contributed by atoms with Gasteiger partial charge in [0, 0.05) is 23.5 Å². The van der Waals surface area contributed by atoms with Crippen LogP contribution in [0, 0.1) is 13.8 Å². The second-order valence-electron chi connectivity index (χ2n) is 4.67. The lowest BCUT2D eigenvalue weighted by atomic mass is 10.2. The summed E-state index contributed by atoms with van der Waals surface area (Å²) in [5, 5.41) is 0. The number of aromatic nitrogens is 4. The van der Waals surface area contributed by atoms with Gasteiger partial charge in [0.15, 0.2) is 0 Å². The van der Waals surface area contributed by atoms with Crippen molar-refractivity contribution in [3.05, 3.63) is 35.2 Å². The maximum absolute atomic E-state index is 11.2. The highest BCUT2D eigenvalue weighted by Gasteiger charge is 2.11. The van der Waals surface area contributed by atoms with Crippen molar-refractivity contribution < 1.29 is 4.79 Å². The molecule has 0 bridgehead atoms. The van der Waals surface area contributed by atoms with Crippen molar-refractivity contribution in [1.29, 1.82) is 0 Å². The summed E-state index contributed by atoms with van der Waals surface area (Å²) in [5.41, 5.74) is 13.0. The van der Waals surface area contributed by atoms with E-state index in [1.54, 1.807) is 26.2 Å². The van der Waals surface area contributed by atoms with Gasteiger partial charge in [-0.1, -0.05) is 0 Å². The third-order valence-electron chi connectivity index (χ3n) is 2.93. The predicted octanol–water partition coefficient (Wildman–Crippen LogP) is 0.206. The van der Waals surface area contributed by atoms with E-state index in [4.69, 9.17) is 11.5 Å². The van der Waals surface area contributed by atoms with Gasteiger partial charge in [-0.2, -0.15) is 0 Å². The summed E-state index contributed by atoms with van der Waals surface area (Å²) in [4.78, 5) is 29.0. The highest BCUT2D eigenvalue weighted by Crippen LogP contribution is 2.14. The summed E-state index contributed by atoms with van der Waals surface area (Å²) in [6.45, 7) is 4.09. The molecule has 2 aromatic rings. The molecule has 0 atom stereocenters. The molecule has 1 amide bonds. The first-order valence-electron chi connectivity index (χ1n) is 6.35. The van der Waals surface area contributed by atoms with Gasteiger partial charge in [0.25, 0.3) is 0 Å². The van der Waals surface area contributed by atoms with Crippen LogP contribution in [0.25, 0.3) is 0 Å². The van der Waals surface area contributed by atoms with Crippen molar-refractivity contribution in [2.24, 2.45) is 0 Å². The molecule has 0 unspecified atom stereocenters. The quantitative estimate of drug-likeness (QED) is 0.753. The van der Waals surface area contributed by atoms with Gasteiger partial charge < -0.3 is 16.4 Å². The summed E-state index contributed by atoms with van der Waals surface area (Å²) >= 11 is 0. The number of aryl methyl sites for hydroxylation is 2. The molecule has 2 aromatic heterocycles. The first-order valence-corrected chi connectivity index (χ1v) is 6.35. The van der Waals surface area contributed by atoms with Crippen molar-refractivity contribution >= 4 is 18.0 Å². The number of amides is 1. The number of anilines is 2. The second-order valence-corrected chi connectivity index (χ2v) is 4.67. The molecule has 8 nitrogen and oxygen atoms in total. The van der Waals surface area contributed by atoms with Crippen molar-refractivity contribution in [3.8, 4) is 0 Å². The number of nitrogens with two attached hydrogens (primary N) is 2. The largest absolute Gasteiger partial charge is 0.383 e. The second kappa shape index (κ2) is 6.12. The average Bonchev–Trinajstić information content (AvgIpc) is 2.43. The maximum atomic E-state index is 11.2. The highest BCUT2D eigenvalue weighted by atomic mass is 16.1. The fourth-order valence-corrected chi connectivity index (χ4v) is 1.84. The van der Waals surface area contributed by atoms with Crippen LogP contribution in [0.1, 0.15) is 22.8 Å². The number of hydrogen-bond acceptors (Lipinski definition) is 7. The SMILES string of the molecule is Cc1ncc(CN(C=O)Cc2cnc(C)nc2N)c(N)n1. The smallest absolute Gasteiger partial charge is 0.210 e. The van der Waals surface area contributed by atoms with Crippen molar-refractivity contribution in [2.75, 3.05) is 11.5 Å². The van der Waals surface area contributed by atoms with E-state index in [0.29, 0.717) is 47.5 Å². The van der Waals surface area contributed by atoms with E-state index >= 15 is 0 Å². The van der Waals surface area contributed by atoms with E-state index in [2.05, 4.69) is 19.9 Å². The van der Waals surface area contributed by atoms with Crippen LogP contribution < -0.4 is 11.5 Å². The number of nitrogen functional groups attached to an aromatic ring is 2. The molecule has 0 aliphatic rings. The Morgan fingerprint density at radius 3 is 1.76 bits per heavy atom. The Labute approximate surface area is 122 Å². The Bertz CT molecular complexity index is 605. The molecule has 0 radical (unpaired) electrons. The third kappa shape index (κ3) is 3.62. The summed E-state index contributed by atoms with van der Waals surface area (Å²) in [6, 6.07) is 0. The zero-order valence-electron chi connectivity index (χ0n) is 11.9. The van der Waals surface area contributed by atoms with Gasteiger partial charge >= 0.3 is 0 Å². The van der Waals surface area contributed by atoms with E-state index in [0.717, 1.165) is 6.41 Å². The van der Waals surface area contributed by atoms with Crippen LogP contribution in [-0.2, 0) is 17.9 Å². The van der Waals surface area contributed by atoms with Gasteiger partial charge in [-0.05, 0) is 13.8 Å². The minimum atomic E-state index is 0.295. The molecule has 110 valence electrons. The Hall–Kier alpha value is -2.77. The van der Waals surface area contributed by atoms with Crippen molar-refractivity contribution in [2.45, 2.75) is 26.9 Å². The lowest BCUT2D eigenvalue weighted by Crippen LogP contribution is -2.23. The van der Waals surface area contributed by atoms with Crippen LogP contribution in [-0.4, -0.2) is 31.2 Å². The summed E-state index contributed by atoms with van der Waals surface area (Å²) in [7, 11) is 0. The topological polar surface area (TPSA) is 124 Å². The fourth-order valence-electron chi connectivity index (χ4n) is 1.84. The Morgan fingerprint density at radius 2 is 1.43 bits per heavy atom. The lowest BCUT2D eigenvalue weighted by Gasteiger charge is -2.18. The molecule has 0 aliphatic carbocycles. The molecule has 8 heteroatoms. The standard InChI is InChI=1S/C13H17N7O/c1-8-16-3-10(12(14)18-8)5-20(7-21)6-11-4-17-9(2)19-13(11)15/h3-4,7H,5-6H2,1-2H3,(H2,14,16,18)(H2,15,17,19). The summed E-state index contributed by atoms with van der Waals surface area (Å²) in [6.07, 6.45) is 3.95. The van der Waals surface area contributed by atoms with E-state index in [1.165, 1.54) is 4.90 Å². The molecule has 4 N–H and O–H groups in total. The minimum Gasteiger partial charge on any atom is -0.383 e. The van der Waals surface area contributed by atoms with E-state index in [9.17, 15) is 4.79 Å². The Balaban J connectivity index is 2.14. The lowest BCUT2D eigenvalue weighted by molar-refractivity contribution is -0.119. The molecule has 0 saturated carbocycles. The maximum Gasteiger partial charge on any atom is 0.210 e. The molecule has 21 heavy (non-hydrogen) atoms. The average molecular weight is 287 g/mol. The molecular weight excluding hydrogens is 270 g/mol. The number of nitrogens with zero attached hydrogens (tertiary/aromatic N) is 5. The van der Waals surface area contributed by atoms with Crippen LogP contribution in [0.4, 0.5) is 11.6 Å². The van der Waals surface area contributed by atoms with Gasteiger partial charge in [-0.3, -0.25) is 4.79 Å². The van der Waals surface area contributed by atoms with Crippen LogP contribution >= 0.6 is 0 Å². The number of hydrogen-bond donors (Lipinski definition) is 2. The molecule has 0 saturated heterocycles. The summed E-state index contributed by atoms with van der Waals surface area (Å²) in [5.74, 6) is 1.90. The van der Waals surface area contributed by atoms with Crippen LogP contribution in [0.2, 0.25) is 0 Å². The fraction of sp³-hybridized carbons (Fsp3) is 0.308. The van der Waals surface area contributed by atoms with Crippen LogP contribution in [0.5, 0.6) is 0 Å². The van der Waals surface area contributed by atoms with E-state index < -0.39 is 0 Å². The Kier molecular flexibility index (Phi) is 4.27. The van der Waals surface area contributed by atoms with Gasteiger partial charge in [-0.25, -0.2) is 19.9 Å². The van der Waals surface area contributed by atoms with Crippen LogP contribution in [0.3, 0.4) is 0 Å². The van der Waals surface area contributed by atoms with Crippen LogP contribution in [0.15, 0.2) is 12.4 Å². The first kappa shape index (κ1) is 14.6. The van der Waals surface area contributed by atoms with Crippen molar-refractivity contribution in [3.63, 3.8) is 0 Å². The van der Waals surface area contributed by atoms with E-state index in [-0.39, 0.29) is 0 Å². The molecule has 0 aromatic carbocycles. The predicted molar refractivity (Wildman–Crippen MR) is 77.7 cm³/mol. The monoisotopic (exact) mass is 287 g/mol. The molecule has 2 rings (SSSR count). The first-order chi connectivity index (χ1) is 9.99. The number of carbonyl (C=O) groups is 1. The molecule has 0 aliphatic heterocycles. The van der Waals surface area contributed by atoms with Gasteiger partial charge in [0.2, 0.25) is 6.41 Å². The highest BCUT2D eigenvalue weighted by molar-refractivity contribution is 5.50.